The Hall–Kier alpha value is -1.84. The molecule has 2 rings (SSSR count). The first kappa shape index (κ1) is 15.5. The van der Waals surface area contributed by atoms with Crippen molar-refractivity contribution >= 4 is 0 Å². The van der Waals surface area contributed by atoms with Crippen LogP contribution >= 0.6 is 0 Å². The second kappa shape index (κ2) is 7.81. The summed E-state index contributed by atoms with van der Waals surface area (Å²) in [6.45, 7) is 3.00. The van der Waals surface area contributed by atoms with Gasteiger partial charge in [-0.05, 0) is 35.2 Å². The van der Waals surface area contributed by atoms with Gasteiger partial charge < -0.3 is 15.2 Å². The van der Waals surface area contributed by atoms with Gasteiger partial charge in [0.15, 0.2) is 0 Å². The lowest BCUT2D eigenvalue weighted by molar-refractivity contribution is 0.280. The predicted molar refractivity (Wildman–Crippen MR) is 85.2 cm³/mol. The first-order valence-corrected chi connectivity index (χ1v) is 7.33. The van der Waals surface area contributed by atoms with Crippen LogP contribution in [0.3, 0.4) is 0 Å². The van der Waals surface area contributed by atoms with E-state index in [4.69, 9.17) is 4.74 Å². The number of nitrogens with one attached hydrogen (secondary N) is 1. The zero-order valence-corrected chi connectivity index (χ0v) is 12.7. The molecule has 0 saturated carbocycles. The third-order valence-electron chi connectivity index (χ3n) is 3.75. The molecule has 0 amide bonds. The monoisotopic (exact) mass is 285 g/mol. The molecule has 21 heavy (non-hydrogen) atoms. The van der Waals surface area contributed by atoms with E-state index in [1.807, 2.05) is 30.3 Å². The summed E-state index contributed by atoms with van der Waals surface area (Å²) < 4.78 is 5.19. The predicted octanol–water partition coefficient (Wildman–Crippen LogP) is 3.43. The van der Waals surface area contributed by atoms with Crippen LogP contribution in [-0.2, 0) is 13.2 Å². The van der Waals surface area contributed by atoms with E-state index in [2.05, 4.69) is 30.4 Å². The van der Waals surface area contributed by atoms with Crippen LogP contribution < -0.4 is 10.1 Å². The van der Waals surface area contributed by atoms with Gasteiger partial charge in [0.1, 0.15) is 5.75 Å². The zero-order valence-electron chi connectivity index (χ0n) is 12.7. The Kier molecular flexibility index (Phi) is 5.78. The van der Waals surface area contributed by atoms with Crippen molar-refractivity contribution in [2.45, 2.75) is 32.5 Å². The number of rotatable bonds is 7. The van der Waals surface area contributed by atoms with Crippen molar-refractivity contribution in [3.8, 4) is 5.75 Å². The van der Waals surface area contributed by atoms with Gasteiger partial charge in [0.2, 0.25) is 0 Å². The average Bonchev–Trinajstić information content (AvgIpc) is 2.56. The fraction of sp³-hybridized carbons (Fsp3) is 0.333. The summed E-state index contributed by atoms with van der Waals surface area (Å²) in [6, 6.07) is 16.4. The van der Waals surface area contributed by atoms with Crippen LogP contribution in [0.4, 0.5) is 0 Å². The Morgan fingerprint density at radius 2 is 1.71 bits per heavy atom. The van der Waals surface area contributed by atoms with Crippen LogP contribution in [0.15, 0.2) is 48.5 Å². The highest BCUT2D eigenvalue weighted by molar-refractivity contribution is 5.30. The molecule has 1 unspecified atom stereocenters. The van der Waals surface area contributed by atoms with E-state index in [1.54, 1.807) is 7.11 Å². The summed E-state index contributed by atoms with van der Waals surface area (Å²) in [6.07, 6.45) is 1.01. The van der Waals surface area contributed by atoms with Crippen molar-refractivity contribution in [1.29, 1.82) is 0 Å². The van der Waals surface area contributed by atoms with Crippen LogP contribution in [0.2, 0.25) is 0 Å². The number of aliphatic hydroxyl groups is 1. The lowest BCUT2D eigenvalue weighted by atomic mass is 10.0. The Morgan fingerprint density at radius 1 is 1.05 bits per heavy atom. The Balaban J connectivity index is 2.04. The second-order valence-corrected chi connectivity index (χ2v) is 5.04. The van der Waals surface area contributed by atoms with Gasteiger partial charge in [-0.2, -0.15) is 0 Å². The van der Waals surface area contributed by atoms with E-state index in [1.165, 1.54) is 5.56 Å². The number of hydrogen-bond acceptors (Lipinski definition) is 3. The van der Waals surface area contributed by atoms with Crippen molar-refractivity contribution < 1.29 is 9.84 Å². The molecule has 0 bridgehead atoms. The molecule has 112 valence electrons. The molecular formula is C18H23NO2. The molecule has 0 heterocycles. The molecule has 3 heteroatoms. The molecule has 2 aromatic carbocycles. The molecule has 2 aromatic rings. The molecule has 3 nitrogen and oxygen atoms in total. The van der Waals surface area contributed by atoms with E-state index >= 15 is 0 Å². The van der Waals surface area contributed by atoms with E-state index in [0.717, 1.165) is 29.8 Å². The van der Waals surface area contributed by atoms with Gasteiger partial charge >= 0.3 is 0 Å². The minimum Gasteiger partial charge on any atom is -0.497 e. The van der Waals surface area contributed by atoms with Crippen molar-refractivity contribution in [2.75, 3.05) is 7.11 Å². The molecule has 0 fully saturated rings. The molecule has 2 N–H and O–H groups in total. The van der Waals surface area contributed by atoms with Gasteiger partial charge in [-0.1, -0.05) is 43.3 Å². The van der Waals surface area contributed by atoms with Gasteiger partial charge in [0, 0.05) is 12.6 Å². The number of benzene rings is 2. The first-order chi connectivity index (χ1) is 10.3. The van der Waals surface area contributed by atoms with E-state index in [9.17, 15) is 5.11 Å². The molecule has 0 aliphatic heterocycles. The van der Waals surface area contributed by atoms with Crippen LogP contribution in [0.5, 0.6) is 5.75 Å². The third-order valence-corrected chi connectivity index (χ3v) is 3.75. The quantitative estimate of drug-likeness (QED) is 0.819. The van der Waals surface area contributed by atoms with Gasteiger partial charge in [0.25, 0.3) is 0 Å². The summed E-state index contributed by atoms with van der Waals surface area (Å²) >= 11 is 0. The van der Waals surface area contributed by atoms with Crippen molar-refractivity contribution in [3.05, 3.63) is 65.2 Å². The summed E-state index contributed by atoms with van der Waals surface area (Å²) in [5, 5.41) is 12.9. The molecular weight excluding hydrogens is 262 g/mol. The summed E-state index contributed by atoms with van der Waals surface area (Å²) in [4.78, 5) is 0. The fourth-order valence-electron chi connectivity index (χ4n) is 2.45. The normalized spacial score (nSPS) is 12.1. The van der Waals surface area contributed by atoms with E-state index in [0.29, 0.717) is 6.04 Å². The molecule has 0 spiro atoms. The lowest BCUT2D eigenvalue weighted by Gasteiger charge is -2.19. The van der Waals surface area contributed by atoms with Gasteiger partial charge in [-0.3, -0.25) is 0 Å². The number of methoxy groups -OCH3 is 1. The minimum absolute atomic E-state index is 0.0805. The zero-order chi connectivity index (χ0) is 15.1. The van der Waals surface area contributed by atoms with Crippen LogP contribution in [-0.4, -0.2) is 12.2 Å². The van der Waals surface area contributed by atoms with Crippen LogP contribution in [0.25, 0.3) is 0 Å². The largest absolute Gasteiger partial charge is 0.497 e. The molecule has 0 radical (unpaired) electrons. The minimum atomic E-state index is 0.0805. The maximum absolute atomic E-state index is 9.37. The highest BCUT2D eigenvalue weighted by atomic mass is 16.5. The van der Waals surface area contributed by atoms with Crippen LogP contribution in [0, 0.1) is 0 Å². The van der Waals surface area contributed by atoms with E-state index in [-0.39, 0.29) is 6.61 Å². The molecule has 1 atom stereocenters. The molecule has 0 aromatic heterocycles. The standard InChI is InChI=1S/C18H23NO2/c1-3-18(14-8-10-17(21-2)11-9-14)19-12-15-6-4-5-7-16(15)13-20/h4-11,18-20H,3,12-13H2,1-2H3. The number of aliphatic hydroxyl groups excluding tert-OH is 1. The van der Waals surface area contributed by atoms with Gasteiger partial charge in [0.05, 0.1) is 13.7 Å². The van der Waals surface area contributed by atoms with Crippen molar-refractivity contribution in [1.82, 2.24) is 5.32 Å². The summed E-state index contributed by atoms with van der Waals surface area (Å²) in [5.41, 5.74) is 3.38. The topological polar surface area (TPSA) is 41.5 Å². The average molecular weight is 285 g/mol. The summed E-state index contributed by atoms with van der Waals surface area (Å²) in [7, 11) is 1.68. The Bertz CT molecular complexity index is 551. The van der Waals surface area contributed by atoms with E-state index < -0.39 is 0 Å². The summed E-state index contributed by atoms with van der Waals surface area (Å²) in [5.74, 6) is 0.874. The van der Waals surface area contributed by atoms with Crippen molar-refractivity contribution in [3.63, 3.8) is 0 Å². The maximum Gasteiger partial charge on any atom is 0.118 e. The first-order valence-electron chi connectivity index (χ1n) is 7.33. The number of hydrogen-bond donors (Lipinski definition) is 2. The smallest absolute Gasteiger partial charge is 0.118 e. The lowest BCUT2D eigenvalue weighted by Crippen LogP contribution is -2.21. The van der Waals surface area contributed by atoms with Gasteiger partial charge in [-0.15, -0.1) is 0 Å². The third kappa shape index (κ3) is 4.06. The number of ether oxygens (including phenoxy) is 1. The SMILES string of the molecule is CCC(NCc1ccccc1CO)c1ccc(OC)cc1. The molecule has 0 aliphatic rings. The maximum atomic E-state index is 9.37. The highest BCUT2D eigenvalue weighted by Gasteiger charge is 2.10. The van der Waals surface area contributed by atoms with Crippen LogP contribution in [0.1, 0.15) is 36.1 Å². The molecule has 0 aliphatic carbocycles. The Morgan fingerprint density at radius 3 is 2.29 bits per heavy atom. The highest BCUT2D eigenvalue weighted by Crippen LogP contribution is 2.21. The second-order valence-electron chi connectivity index (χ2n) is 5.04. The fourth-order valence-corrected chi connectivity index (χ4v) is 2.45. The molecule has 0 saturated heterocycles. The van der Waals surface area contributed by atoms with Gasteiger partial charge in [-0.25, -0.2) is 0 Å². The van der Waals surface area contributed by atoms with Crippen molar-refractivity contribution in [2.24, 2.45) is 0 Å². The Labute approximate surface area is 126 Å².